The molecule has 2 rings (SSSR count). The number of para-hydroxylation sites is 1. The Morgan fingerprint density at radius 3 is 3.05 bits per heavy atom. The Balaban J connectivity index is 2.27. The van der Waals surface area contributed by atoms with Crippen molar-refractivity contribution in [2.24, 2.45) is 5.92 Å². The zero-order valence-electron chi connectivity index (χ0n) is 10.7. The molecule has 0 unspecified atom stereocenters. The Morgan fingerprint density at radius 1 is 1.58 bits per heavy atom. The molecule has 1 aliphatic heterocycles. The molecule has 1 aromatic carbocycles. The number of ether oxygens (including phenoxy) is 1. The van der Waals surface area contributed by atoms with Crippen LogP contribution >= 0.6 is 11.6 Å². The maximum atomic E-state index is 11.6. The van der Waals surface area contributed by atoms with Gasteiger partial charge < -0.3 is 9.64 Å². The molecule has 1 fully saturated rings. The summed E-state index contributed by atoms with van der Waals surface area (Å²) in [5.74, 6) is -0.350. The first-order valence-corrected chi connectivity index (χ1v) is 6.56. The average Bonchev–Trinajstić information content (AvgIpc) is 2.46. The molecule has 100 valence electrons. The van der Waals surface area contributed by atoms with Crippen molar-refractivity contribution < 1.29 is 9.53 Å². The smallest absolute Gasteiger partial charge is 0.310 e. The molecule has 0 saturated carbocycles. The molecule has 1 atom stereocenters. The molecular formula is C14H15ClN2O2. The Morgan fingerprint density at radius 2 is 2.37 bits per heavy atom. The maximum absolute atomic E-state index is 11.6. The van der Waals surface area contributed by atoms with Gasteiger partial charge in [-0.25, -0.2) is 0 Å². The molecule has 0 spiro atoms. The first-order valence-electron chi connectivity index (χ1n) is 6.18. The fraction of sp³-hybridized carbons (Fsp3) is 0.429. The van der Waals surface area contributed by atoms with Gasteiger partial charge in [0.1, 0.15) is 6.07 Å². The molecule has 1 aliphatic rings. The van der Waals surface area contributed by atoms with Crippen molar-refractivity contribution in [1.29, 1.82) is 5.26 Å². The fourth-order valence-corrected chi connectivity index (χ4v) is 2.76. The summed E-state index contributed by atoms with van der Waals surface area (Å²) in [7, 11) is 1.40. The standard InChI is InChI=1S/C14H15ClN2O2/c1-19-14(18)11-5-3-7-17(9-11)13-10(8-16)4-2-6-12(13)15/h2,4,6,11H,3,5,7,9H2,1H3/t11-/m0/s1. The van der Waals surface area contributed by atoms with E-state index in [4.69, 9.17) is 21.6 Å². The van der Waals surface area contributed by atoms with Gasteiger partial charge >= 0.3 is 5.97 Å². The van der Waals surface area contributed by atoms with Gasteiger partial charge in [0.15, 0.2) is 0 Å². The molecule has 0 radical (unpaired) electrons. The van der Waals surface area contributed by atoms with Crippen LogP contribution in [0.1, 0.15) is 18.4 Å². The molecule has 0 aromatic heterocycles. The van der Waals surface area contributed by atoms with Gasteiger partial charge in [0.25, 0.3) is 0 Å². The highest BCUT2D eigenvalue weighted by atomic mass is 35.5. The Kier molecular flexibility index (Phi) is 4.28. The molecule has 5 heteroatoms. The Bertz CT molecular complexity index is 525. The molecule has 1 saturated heterocycles. The van der Waals surface area contributed by atoms with E-state index in [1.54, 1.807) is 18.2 Å². The lowest BCUT2D eigenvalue weighted by atomic mass is 9.97. The number of carbonyl (C=O) groups is 1. The fourth-order valence-electron chi connectivity index (χ4n) is 2.47. The number of methoxy groups -OCH3 is 1. The maximum Gasteiger partial charge on any atom is 0.310 e. The second kappa shape index (κ2) is 5.94. The number of nitriles is 1. The molecule has 4 nitrogen and oxygen atoms in total. The number of anilines is 1. The summed E-state index contributed by atoms with van der Waals surface area (Å²) in [4.78, 5) is 13.6. The first kappa shape index (κ1) is 13.7. The van der Waals surface area contributed by atoms with Crippen molar-refractivity contribution in [3.05, 3.63) is 28.8 Å². The van der Waals surface area contributed by atoms with E-state index < -0.39 is 0 Å². The van der Waals surface area contributed by atoms with Gasteiger partial charge in [-0.15, -0.1) is 0 Å². The van der Waals surface area contributed by atoms with Crippen LogP contribution in [0, 0.1) is 17.2 Å². The number of esters is 1. The van der Waals surface area contributed by atoms with Gasteiger partial charge in [-0.3, -0.25) is 4.79 Å². The third kappa shape index (κ3) is 2.82. The number of piperidine rings is 1. The van der Waals surface area contributed by atoms with E-state index in [0.717, 1.165) is 25.1 Å². The SMILES string of the molecule is COC(=O)[C@H]1CCCN(c2c(Cl)cccc2C#N)C1. The molecule has 0 bridgehead atoms. The van der Waals surface area contributed by atoms with Gasteiger partial charge in [0.05, 0.1) is 29.3 Å². The zero-order chi connectivity index (χ0) is 13.8. The first-order chi connectivity index (χ1) is 9.17. The van der Waals surface area contributed by atoms with E-state index >= 15 is 0 Å². The minimum Gasteiger partial charge on any atom is -0.469 e. The molecule has 1 heterocycles. The van der Waals surface area contributed by atoms with Crippen molar-refractivity contribution in [3.8, 4) is 6.07 Å². The average molecular weight is 279 g/mol. The van der Waals surface area contributed by atoms with E-state index in [1.165, 1.54) is 7.11 Å². The van der Waals surface area contributed by atoms with Crippen molar-refractivity contribution in [3.63, 3.8) is 0 Å². The van der Waals surface area contributed by atoms with Crippen LogP contribution in [0.15, 0.2) is 18.2 Å². The summed E-state index contributed by atoms with van der Waals surface area (Å²) in [6.07, 6.45) is 1.70. The summed E-state index contributed by atoms with van der Waals surface area (Å²) < 4.78 is 4.80. The van der Waals surface area contributed by atoms with Gasteiger partial charge in [-0.2, -0.15) is 5.26 Å². The topological polar surface area (TPSA) is 53.3 Å². The molecule has 1 aromatic rings. The van der Waals surface area contributed by atoms with E-state index in [9.17, 15) is 4.79 Å². The summed E-state index contributed by atoms with van der Waals surface area (Å²) in [5.41, 5.74) is 1.26. The van der Waals surface area contributed by atoms with Gasteiger partial charge in [0.2, 0.25) is 0 Å². The van der Waals surface area contributed by atoms with Crippen LogP contribution in [0.5, 0.6) is 0 Å². The van der Waals surface area contributed by atoms with Crippen LogP contribution in [-0.4, -0.2) is 26.2 Å². The van der Waals surface area contributed by atoms with Crippen molar-refractivity contribution in [2.45, 2.75) is 12.8 Å². The minimum atomic E-state index is -0.199. The summed E-state index contributed by atoms with van der Waals surface area (Å²) in [6, 6.07) is 7.41. The van der Waals surface area contributed by atoms with E-state index in [0.29, 0.717) is 17.1 Å². The van der Waals surface area contributed by atoms with Crippen LogP contribution in [-0.2, 0) is 9.53 Å². The van der Waals surface area contributed by atoms with Crippen LogP contribution in [0.3, 0.4) is 0 Å². The number of hydrogen-bond acceptors (Lipinski definition) is 4. The Hall–Kier alpha value is -1.73. The number of rotatable bonds is 2. The Labute approximate surface area is 117 Å². The molecular weight excluding hydrogens is 264 g/mol. The minimum absolute atomic E-state index is 0.151. The highest BCUT2D eigenvalue weighted by Crippen LogP contribution is 2.32. The summed E-state index contributed by atoms with van der Waals surface area (Å²) in [5, 5.41) is 9.71. The second-order valence-corrected chi connectivity index (χ2v) is 4.96. The van der Waals surface area contributed by atoms with E-state index in [-0.39, 0.29) is 11.9 Å². The predicted molar refractivity (Wildman–Crippen MR) is 73.1 cm³/mol. The lowest BCUT2D eigenvalue weighted by molar-refractivity contribution is -0.145. The lowest BCUT2D eigenvalue weighted by Gasteiger charge is -2.34. The lowest BCUT2D eigenvalue weighted by Crippen LogP contribution is -2.39. The van der Waals surface area contributed by atoms with Crippen LogP contribution in [0.4, 0.5) is 5.69 Å². The van der Waals surface area contributed by atoms with Crippen molar-refractivity contribution in [2.75, 3.05) is 25.1 Å². The third-order valence-corrected chi connectivity index (χ3v) is 3.68. The monoisotopic (exact) mass is 278 g/mol. The van der Waals surface area contributed by atoms with Crippen LogP contribution in [0.25, 0.3) is 0 Å². The zero-order valence-corrected chi connectivity index (χ0v) is 11.5. The number of benzene rings is 1. The number of nitrogens with zero attached hydrogens (tertiary/aromatic N) is 2. The quantitative estimate of drug-likeness (QED) is 0.780. The summed E-state index contributed by atoms with van der Waals surface area (Å²) in [6.45, 7) is 1.34. The highest BCUT2D eigenvalue weighted by molar-refractivity contribution is 6.33. The van der Waals surface area contributed by atoms with Crippen molar-refractivity contribution >= 4 is 23.3 Å². The van der Waals surface area contributed by atoms with E-state index in [1.807, 2.05) is 4.90 Å². The largest absolute Gasteiger partial charge is 0.469 e. The predicted octanol–water partition coefficient (Wildman–Crippen LogP) is 2.60. The molecule has 19 heavy (non-hydrogen) atoms. The summed E-state index contributed by atoms with van der Waals surface area (Å²) >= 11 is 6.19. The molecule has 0 N–H and O–H groups in total. The van der Waals surface area contributed by atoms with Crippen LogP contribution < -0.4 is 4.90 Å². The number of hydrogen-bond donors (Lipinski definition) is 0. The van der Waals surface area contributed by atoms with Gasteiger partial charge in [-0.05, 0) is 25.0 Å². The molecule has 0 aliphatic carbocycles. The van der Waals surface area contributed by atoms with Gasteiger partial charge in [-0.1, -0.05) is 17.7 Å². The molecule has 0 amide bonds. The number of carbonyl (C=O) groups excluding carboxylic acids is 1. The highest BCUT2D eigenvalue weighted by Gasteiger charge is 2.28. The normalized spacial score (nSPS) is 18.8. The van der Waals surface area contributed by atoms with Crippen LogP contribution in [0.2, 0.25) is 5.02 Å². The van der Waals surface area contributed by atoms with Crippen molar-refractivity contribution in [1.82, 2.24) is 0 Å². The third-order valence-electron chi connectivity index (χ3n) is 3.38. The second-order valence-electron chi connectivity index (χ2n) is 4.56. The number of halogens is 1. The van der Waals surface area contributed by atoms with E-state index in [2.05, 4.69) is 6.07 Å². The van der Waals surface area contributed by atoms with Gasteiger partial charge in [0, 0.05) is 13.1 Å².